The maximum atomic E-state index is 11.4. The Morgan fingerprint density at radius 1 is 1.59 bits per heavy atom. The third-order valence-electron chi connectivity index (χ3n) is 3.19. The molecule has 1 heterocycles. The molecule has 0 aromatic carbocycles. The van der Waals surface area contributed by atoms with E-state index in [4.69, 9.17) is 16.2 Å². The van der Waals surface area contributed by atoms with Gasteiger partial charge >= 0.3 is 6.03 Å². The van der Waals surface area contributed by atoms with Crippen molar-refractivity contribution >= 4 is 25.2 Å². The molecule has 0 spiro atoms. The molecule has 1 rings (SSSR count). The summed E-state index contributed by atoms with van der Waals surface area (Å²) in [5.41, 5.74) is 0.403. The molecular weight excluding hydrogens is 256 g/mol. The molecule has 0 aromatic heterocycles. The van der Waals surface area contributed by atoms with Gasteiger partial charge in [-0.15, -0.1) is 0 Å². The van der Waals surface area contributed by atoms with E-state index in [1.807, 2.05) is 4.90 Å². The number of aliphatic hydroxyl groups is 1. The standard InChI is InChI=1S/C11H22ClN2O2Si/c1-2-3-4-10(17(12)9-15)5-7-14-8-6-13-11(14)16/h10,15H,2-9H2,1H3,(H,13,16). The lowest BCUT2D eigenvalue weighted by Gasteiger charge is -2.22. The monoisotopic (exact) mass is 277 g/mol. The molecule has 0 bridgehead atoms. The fourth-order valence-electron chi connectivity index (χ4n) is 2.07. The first-order chi connectivity index (χ1) is 8.19. The molecule has 1 unspecified atom stereocenters. The Kier molecular flexibility index (Phi) is 6.92. The number of hydrogen-bond donors (Lipinski definition) is 2. The van der Waals surface area contributed by atoms with E-state index in [9.17, 15) is 4.79 Å². The number of amides is 2. The average Bonchev–Trinajstić information content (AvgIpc) is 2.74. The summed E-state index contributed by atoms with van der Waals surface area (Å²) >= 11 is 6.22. The minimum absolute atomic E-state index is 0.0339. The summed E-state index contributed by atoms with van der Waals surface area (Å²) in [5.74, 6) is 0. The molecule has 0 aromatic rings. The van der Waals surface area contributed by atoms with E-state index in [-0.39, 0.29) is 12.3 Å². The molecule has 0 aliphatic carbocycles. The Balaban J connectivity index is 2.34. The number of unbranched alkanes of at least 4 members (excludes halogenated alkanes) is 1. The quantitative estimate of drug-likeness (QED) is 0.524. The fourth-order valence-corrected chi connectivity index (χ4v) is 3.95. The van der Waals surface area contributed by atoms with Crippen LogP contribution in [0.5, 0.6) is 0 Å². The number of nitrogens with one attached hydrogen (secondary N) is 1. The van der Waals surface area contributed by atoms with Gasteiger partial charge in [0.25, 0.3) is 0 Å². The average molecular weight is 278 g/mol. The maximum Gasteiger partial charge on any atom is 0.317 e. The third kappa shape index (κ3) is 4.85. The van der Waals surface area contributed by atoms with Gasteiger partial charge in [0, 0.05) is 19.6 Å². The van der Waals surface area contributed by atoms with E-state index >= 15 is 0 Å². The van der Waals surface area contributed by atoms with Crippen molar-refractivity contribution in [3.63, 3.8) is 0 Å². The number of carbonyl (C=O) groups excluding carboxylic acids is 1. The highest BCUT2D eigenvalue weighted by molar-refractivity contribution is 7.07. The lowest BCUT2D eigenvalue weighted by Crippen LogP contribution is -2.31. The van der Waals surface area contributed by atoms with E-state index < -0.39 is 8.11 Å². The van der Waals surface area contributed by atoms with Crippen molar-refractivity contribution in [2.75, 3.05) is 25.9 Å². The van der Waals surface area contributed by atoms with Crippen LogP contribution in [-0.4, -0.2) is 50.0 Å². The number of hydrogen-bond acceptors (Lipinski definition) is 2. The summed E-state index contributed by atoms with van der Waals surface area (Å²) in [6.45, 7) is 4.46. The predicted octanol–water partition coefficient (Wildman–Crippen LogP) is 1.72. The highest BCUT2D eigenvalue weighted by atomic mass is 35.6. The Labute approximate surface area is 110 Å². The largest absolute Gasteiger partial charge is 0.398 e. The lowest BCUT2D eigenvalue weighted by atomic mass is 10.1. The molecule has 17 heavy (non-hydrogen) atoms. The number of nitrogens with zero attached hydrogens (tertiary/aromatic N) is 1. The second kappa shape index (κ2) is 7.95. The zero-order chi connectivity index (χ0) is 12.7. The van der Waals surface area contributed by atoms with E-state index in [0.29, 0.717) is 5.54 Å². The van der Waals surface area contributed by atoms with Crippen molar-refractivity contribution in [3.8, 4) is 0 Å². The molecule has 1 atom stereocenters. The molecule has 1 aliphatic rings. The molecule has 1 aliphatic heterocycles. The summed E-state index contributed by atoms with van der Waals surface area (Å²) < 4.78 is 0. The predicted molar refractivity (Wildman–Crippen MR) is 71.6 cm³/mol. The Morgan fingerprint density at radius 3 is 2.88 bits per heavy atom. The molecule has 2 N–H and O–H groups in total. The summed E-state index contributed by atoms with van der Waals surface area (Å²) in [7, 11) is -1.18. The van der Waals surface area contributed by atoms with Gasteiger partial charge in [-0.1, -0.05) is 26.2 Å². The summed E-state index contributed by atoms with van der Waals surface area (Å²) in [4.78, 5) is 13.2. The summed E-state index contributed by atoms with van der Waals surface area (Å²) in [6, 6.07) is 0.0339. The number of carbonyl (C=O) groups is 1. The van der Waals surface area contributed by atoms with Gasteiger partial charge in [0.2, 0.25) is 0 Å². The minimum Gasteiger partial charge on any atom is -0.398 e. The van der Waals surface area contributed by atoms with Crippen LogP contribution in [0.25, 0.3) is 0 Å². The van der Waals surface area contributed by atoms with Crippen LogP contribution in [0.1, 0.15) is 32.6 Å². The summed E-state index contributed by atoms with van der Waals surface area (Å²) in [6.07, 6.45) is 4.42. The SMILES string of the molecule is CCCCC(CCN1CCNC1=O)[Si](Cl)CO. The third-order valence-corrected chi connectivity index (χ3v) is 6.24. The molecule has 1 fully saturated rings. The fraction of sp³-hybridized carbons (Fsp3) is 0.909. The minimum atomic E-state index is -1.18. The first-order valence-corrected chi connectivity index (χ1v) is 9.13. The van der Waals surface area contributed by atoms with Gasteiger partial charge < -0.3 is 15.3 Å². The van der Waals surface area contributed by atoms with Crippen LogP contribution >= 0.6 is 11.1 Å². The van der Waals surface area contributed by atoms with E-state index in [0.717, 1.165) is 45.3 Å². The number of halogens is 1. The van der Waals surface area contributed by atoms with Gasteiger partial charge in [0.05, 0.1) is 6.23 Å². The number of urea groups is 1. The zero-order valence-electron chi connectivity index (χ0n) is 10.4. The molecule has 2 amide bonds. The molecular formula is C11H22ClN2O2Si. The van der Waals surface area contributed by atoms with Gasteiger partial charge in [0.15, 0.2) is 8.11 Å². The van der Waals surface area contributed by atoms with Crippen LogP contribution in [-0.2, 0) is 0 Å². The van der Waals surface area contributed by atoms with Crippen LogP contribution in [0.4, 0.5) is 4.79 Å². The van der Waals surface area contributed by atoms with Crippen molar-refractivity contribution in [2.24, 2.45) is 0 Å². The van der Waals surface area contributed by atoms with Crippen molar-refractivity contribution in [1.82, 2.24) is 10.2 Å². The van der Waals surface area contributed by atoms with Crippen molar-refractivity contribution in [2.45, 2.75) is 38.1 Å². The molecule has 99 valence electrons. The second-order valence-corrected chi connectivity index (χ2v) is 7.93. The van der Waals surface area contributed by atoms with Gasteiger partial charge in [0.1, 0.15) is 0 Å². The van der Waals surface area contributed by atoms with Crippen LogP contribution < -0.4 is 5.32 Å². The molecule has 0 saturated carbocycles. The van der Waals surface area contributed by atoms with E-state index in [2.05, 4.69) is 12.2 Å². The topological polar surface area (TPSA) is 52.6 Å². The van der Waals surface area contributed by atoms with Crippen LogP contribution in [0.15, 0.2) is 0 Å². The maximum absolute atomic E-state index is 11.4. The van der Waals surface area contributed by atoms with E-state index in [1.165, 1.54) is 0 Å². The molecule has 6 heteroatoms. The van der Waals surface area contributed by atoms with Gasteiger partial charge in [-0.05, 0) is 12.0 Å². The highest BCUT2D eigenvalue weighted by Gasteiger charge is 2.24. The lowest BCUT2D eigenvalue weighted by molar-refractivity contribution is 0.216. The Morgan fingerprint density at radius 2 is 2.35 bits per heavy atom. The molecule has 1 radical (unpaired) electrons. The zero-order valence-corrected chi connectivity index (χ0v) is 12.2. The van der Waals surface area contributed by atoms with Crippen molar-refractivity contribution in [1.29, 1.82) is 0 Å². The first-order valence-electron chi connectivity index (χ1n) is 6.33. The molecule has 4 nitrogen and oxygen atoms in total. The highest BCUT2D eigenvalue weighted by Crippen LogP contribution is 2.25. The normalized spacial score (nSPS) is 17.6. The Hall–Kier alpha value is -0.263. The van der Waals surface area contributed by atoms with Gasteiger partial charge in [-0.2, -0.15) is 11.1 Å². The second-order valence-electron chi connectivity index (χ2n) is 4.45. The first kappa shape index (κ1) is 14.8. The van der Waals surface area contributed by atoms with Crippen molar-refractivity contribution < 1.29 is 9.90 Å². The van der Waals surface area contributed by atoms with E-state index in [1.54, 1.807) is 0 Å². The van der Waals surface area contributed by atoms with Crippen LogP contribution in [0.2, 0.25) is 5.54 Å². The molecule has 1 saturated heterocycles. The van der Waals surface area contributed by atoms with Crippen LogP contribution in [0, 0.1) is 0 Å². The Bertz CT molecular complexity index is 244. The summed E-state index contributed by atoms with van der Waals surface area (Å²) in [5, 5.41) is 12.0. The smallest absolute Gasteiger partial charge is 0.317 e. The van der Waals surface area contributed by atoms with Crippen LogP contribution in [0.3, 0.4) is 0 Å². The van der Waals surface area contributed by atoms with Gasteiger partial charge in [-0.3, -0.25) is 0 Å². The van der Waals surface area contributed by atoms with Crippen molar-refractivity contribution in [3.05, 3.63) is 0 Å². The number of rotatable bonds is 8. The van der Waals surface area contributed by atoms with Gasteiger partial charge in [-0.25, -0.2) is 4.79 Å². The number of aliphatic hydroxyl groups excluding tert-OH is 1.